The number of carboxylic acid groups (broad SMARTS) is 1. The van der Waals surface area contributed by atoms with Gasteiger partial charge in [0.2, 0.25) is 29.5 Å². The van der Waals surface area contributed by atoms with E-state index < -0.39 is 119 Å². The molecule has 0 bridgehead atoms. The van der Waals surface area contributed by atoms with Crippen LogP contribution in [0.15, 0.2) is 158 Å². The van der Waals surface area contributed by atoms with Crippen molar-refractivity contribution in [1.82, 2.24) is 31.0 Å². The number of carbonyl (C=O) groups excluding carboxylic acids is 8. The fourth-order valence-electron chi connectivity index (χ4n) is 10.5. The third-order valence-corrected chi connectivity index (χ3v) is 15.2. The van der Waals surface area contributed by atoms with Gasteiger partial charge in [-0.2, -0.15) is 0 Å². The van der Waals surface area contributed by atoms with Gasteiger partial charge >= 0.3 is 23.9 Å². The van der Waals surface area contributed by atoms with Gasteiger partial charge in [-0.15, -0.1) is 0 Å². The Morgan fingerprint density at radius 1 is 0.479 bits per heavy atom. The van der Waals surface area contributed by atoms with Crippen LogP contribution in [0.25, 0.3) is 0 Å². The van der Waals surface area contributed by atoms with E-state index in [1.54, 1.807) is 130 Å². The Hall–Kier alpha value is -9.60. The van der Waals surface area contributed by atoms with Crippen LogP contribution in [0.2, 0.25) is 0 Å². The molecular weight excluding hydrogens is 1250 g/mol. The SMILES string of the molecule is CC(=O)N(Cl)[C@@H](CCNC(c1ccccc1)(c1ccccc1)c1ccc(C)cc1)C(=O)N[C@@H](Cc1ccc(OCC(=O)OC(C)(C)C)cc1)C(=O)N[C@@H](CC(=O)OC(C)(C)C)C(=O)N[C@@H](Cc1ccccc1)C(=O)N[C@@H](Cc1ccc(OCC(=O)OC(C)(C)C)c(C)c1)C(=O)O. The molecule has 6 rings (SSSR count). The van der Waals surface area contributed by atoms with Crippen LogP contribution in [-0.4, -0.2) is 130 Å². The van der Waals surface area contributed by atoms with Crippen LogP contribution in [0.3, 0.4) is 0 Å². The molecule has 6 aromatic rings. The first-order valence-electron chi connectivity index (χ1n) is 31.6. The second-order valence-electron chi connectivity index (χ2n) is 26.4. The number of aliphatic carboxylic acids is 1. The van der Waals surface area contributed by atoms with Crippen molar-refractivity contribution in [2.45, 2.75) is 168 Å². The molecular formula is C74H89ClN6O15. The molecule has 512 valence electrons. The Morgan fingerprint density at radius 2 is 0.896 bits per heavy atom. The third kappa shape index (κ3) is 23.7. The normalized spacial score (nSPS) is 13.2. The molecule has 0 aliphatic rings. The maximum absolute atomic E-state index is 15.2. The summed E-state index contributed by atoms with van der Waals surface area (Å²) in [5.74, 6) is -7.50. The van der Waals surface area contributed by atoms with Crippen molar-refractivity contribution in [2.24, 2.45) is 0 Å². The molecule has 96 heavy (non-hydrogen) atoms. The van der Waals surface area contributed by atoms with Gasteiger partial charge in [-0.3, -0.25) is 34.1 Å². The van der Waals surface area contributed by atoms with Gasteiger partial charge in [0.25, 0.3) is 0 Å². The minimum atomic E-state index is -1.82. The molecule has 0 aliphatic carbocycles. The molecule has 5 atom stereocenters. The number of carbonyl (C=O) groups is 9. The quantitative estimate of drug-likeness (QED) is 0.0103. The van der Waals surface area contributed by atoms with Crippen LogP contribution in [-0.2, 0) is 82.2 Å². The molecule has 0 saturated heterocycles. The molecule has 0 spiro atoms. The highest BCUT2D eigenvalue weighted by atomic mass is 35.5. The van der Waals surface area contributed by atoms with Gasteiger partial charge in [-0.25, -0.2) is 18.8 Å². The molecule has 0 fully saturated rings. The molecule has 21 nitrogen and oxygen atoms in total. The largest absolute Gasteiger partial charge is 0.482 e. The van der Waals surface area contributed by atoms with Gasteiger partial charge in [0.1, 0.15) is 58.5 Å². The average molecular weight is 1340 g/mol. The molecule has 0 radical (unpaired) electrons. The number of nitrogens with one attached hydrogen (secondary N) is 5. The summed E-state index contributed by atoms with van der Waals surface area (Å²) >= 11 is 6.79. The number of nitrogens with zero attached hydrogens (tertiary/aromatic N) is 1. The zero-order chi connectivity index (χ0) is 70.5. The van der Waals surface area contributed by atoms with E-state index in [0.29, 0.717) is 28.0 Å². The summed E-state index contributed by atoms with van der Waals surface area (Å²) in [6.45, 7) is 19.3. The zero-order valence-electron chi connectivity index (χ0n) is 56.5. The van der Waals surface area contributed by atoms with E-state index >= 15 is 9.59 Å². The van der Waals surface area contributed by atoms with Crippen molar-refractivity contribution >= 4 is 65.2 Å². The van der Waals surface area contributed by atoms with E-state index in [1.807, 2.05) is 91.9 Å². The van der Waals surface area contributed by atoms with Gasteiger partial charge in [-0.1, -0.05) is 145 Å². The lowest BCUT2D eigenvalue weighted by Gasteiger charge is -2.38. The highest BCUT2D eigenvalue weighted by Crippen LogP contribution is 2.37. The maximum atomic E-state index is 15.2. The number of rotatable bonds is 31. The van der Waals surface area contributed by atoms with Gasteiger partial charge in [-0.05, 0) is 146 Å². The standard InChI is InChI=1S/C74H89ClN6O15/c1-47-28-33-55(34-29-47)74(53-24-18-14-19-25-53,54-26-20-15-21-27-54)76-39-38-61(81(75)49(3)82)69(89)79-58(42-51-30-35-56(36-31-51)92-45-64(84)95-72(7,8)9)66(86)78-59(44-63(83)94-71(4,5)6)68(88)77-57(41-50-22-16-13-17-23-50)67(87)80-60(70(90)91)43-52-32-37-62(48(2)40-52)93-46-65(85)96-73(10,11)12/h13-37,40,57-61,76H,38-39,41-46H2,1-12H3,(H,77,88)(H,78,86)(H,79,89)(H,80,87)(H,90,91)/t57-,58-,59-,60-,61-/m0/s1. The van der Waals surface area contributed by atoms with E-state index in [-0.39, 0.29) is 44.6 Å². The van der Waals surface area contributed by atoms with Crippen molar-refractivity contribution in [3.05, 3.63) is 202 Å². The van der Waals surface area contributed by atoms with E-state index in [2.05, 4.69) is 26.6 Å². The predicted octanol–water partition coefficient (Wildman–Crippen LogP) is 8.87. The van der Waals surface area contributed by atoms with Crippen molar-refractivity contribution in [2.75, 3.05) is 19.8 Å². The Morgan fingerprint density at radius 3 is 1.39 bits per heavy atom. The summed E-state index contributed by atoms with van der Waals surface area (Å²) in [4.78, 5) is 125. The molecule has 22 heteroatoms. The highest BCUT2D eigenvalue weighted by Gasteiger charge is 2.39. The number of ether oxygens (including phenoxy) is 5. The van der Waals surface area contributed by atoms with E-state index in [4.69, 9.17) is 35.5 Å². The number of hydrogen-bond donors (Lipinski definition) is 6. The van der Waals surface area contributed by atoms with Crippen LogP contribution < -0.4 is 36.1 Å². The van der Waals surface area contributed by atoms with Crippen LogP contribution in [0.4, 0.5) is 0 Å². The Labute approximate surface area is 566 Å². The average Bonchev–Trinajstić information content (AvgIpc) is 0.757. The van der Waals surface area contributed by atoms with Crippen molar-refractivity contribution < 1.29 is 71.9 Å². The van der Waals surface area contributed by atoms with Crippen molar-refractivity contribution in [1.29, 1.82) is 0 Å². The number of esters is 3. The first-order valence-corrected chi connectivity index (χ1v) is 32.0. The van der Waals surface area contributed by atoms with Crippen molar-refractivity contribution in [3.63, 3.8) is 0 Å². The first-order chi connectivity index (χ1) is 45.2. The topological polar surface area (TPSA) is 283 Å². The molecule has 0 unspecified atom stereocenters. The molecule has 0 aliphatic heterocycles. The first kappa shape index (κ1) is 75.4. The molecule has 0 heterocycles. The lowest BCUT2D eigenvalue weighted by atomic mass is 9.76. The summed E-state index contributed by atoms with van der Waals surface area (Å²) in [6, 6.07) is 39.1. The monoisotopic (exact) mass is 1340 g/mol. The number of amides is 5. The Kier molecular flexibility index (Phi) is 26.9. The number of hydrogen-bond acceptors (Lipinski definition) is 15. The summed E-state index contributed by atoms with van der Waals surface area (Å²) in [6.07, 6.45) is -1.62. The second kappa shape index (κ2) is 34.2. The zero-order valence-corrected chi connectivity index (χ0v) is 57.3. The summed E-state index contributed by atoms with van der Waals surface area (Å²) in [5, 5.41) is 24.9. The molecule has 6 N–H and O–H groups in total. The minimum Gasteiger partial charge on any atom is -0.482 e. The minimum absolute atomic E-state index is 0.0534. The number of aryl methyl sites for hydroxylation is 2. The van der Waals surface area contributed by atoms with E-state index in [1.165, 1.54) is 19.1 Å². The number of halogens is 1. The maximum Gasteiger partial charge on any atom is 0.344 e. The highest BCUT2D eigenvalue weighted by molar-refractivity contribution is 6.22. The van der Waals surface area contributed by atoms with Crippen LogP contribution in [0.5, 0.6) is 11.5 Å². The summed E-state index contributed by atoms with van der Waals surface area (Å²) in [5.41, 5.74) is 2.08. The van der Waals surface area contributed by atoms with Crippen molar-refractivity contribution in [3.8, 4) is 11.5 Å². The van der Waals surface area contributed by atoms with E-state index in [0.717, 1.165) is 26.7 Å². The third-order valence-electron chi connectivity index (χ3n) is 14.8. The summed E-state index contributed by atoms with van der Waals surface area (Å²) < 4.78 is 28.5. The number of carboxylic acids is 1. The lowest BCUT2D eigenvalue weighted by molar-refractivity contribution is -0.158. The van der Waals surface area contributed by atoms with Crippen LogP contribution >= 0.6 is 11.8 Å². The van der Waals surface area contributed by atoms with Gasteiger partial charge in [0.05, 0.1) is 12.0 Å². The van der Waals surface area contributed by atoms with E-state index in [9.17, 15) is 38.7 Å². The molecule has 0 saturated carbocycles. The lowest BCUT2D eigenvalue weighted by Crippen LogP contribution is -2.60. The van der Waals surface area contributed by atoms with Gasteiger partial charge < -0.3 is 50.1 Å². The van der Waals surface area contributed by atoms with Crippen LogP contribution in [0, 0.1) is 13.8 Å². The van der Waals surface area contributed by atoms with Gasteiger partial charge in [0.15, 0.2) is 13.2 Å². The Balaban J connectivity index is 1.33. The number of benzene rings is 6. The fourth-order valence-corrected chi connectivity index (χ4v) is 10.7. The van der Waals surface area contributed by atoms with Crippen LogP contribution in [0.1, 0.15) is 127 Å². The Bertz CT molecular complexity index is 3590. The molecule has 6 aromatic carbocycles. The van der Waals surface area contributed by atoms with Gasteiger partial charge in [0, 0.05) is 38.0 Å². The fraction of sp³-hybridized carbons (Fsp3) is 0.392. The summed E-state index contributed by atoms with van der Waals surface area (Å²) in [7, 11) is 0. The predicted molar refractivity (Wildman–Crippen MR) is 362 cm³/mol. The second-order valence-corrected chi connectivity index (χ2v) is 26.7. The molecule has 0 aromatic heterocycles. The molecule has 5 amide bonds. The smallest absolute Gasteiger partial charge is 0.344 e.